The molecule has 4 rings (SSSR count). The molecule has 0 bridgehead atoms. The number of nitrogens with one attached hydrogen (secondary N) is 2. The van der Waals surface area contributed by atoms with Crippen molar-refractivity contribution < 1.29 is 22.8 Å². The van der Waals surface area contributed by atoms with Gasteiger partial charge in [-0.15, -0.1) is 11.3 Å². The first-order valence-electron chi connectivity index (χ1n) is 8.61. The number of carbonyl (C=O) groups excluding carboxylic acids is 3. The summed E-state index contributed by atoms with van der Waals surface area (Å²) in [5.74, 6) is -1.21. The highest BCUT2D eigenvalue weighted by Gasteiger charge is 2.40. The number of amides is 3. The minimum Gasteiger partial charge on any atom is -0.322 e. The number of aryl methyl sites for hydroxylation is 1. The lowest BCUT2D eigenvalue weighted by molar-refractivity contribution is -0.136. The Labute approximate surface area is 165 Å². The molecule has 0 radical (unpaired) electrons. The van der Waals surface area contributed by atoms with Crippen molar-refractivity contribution in [2.45, 2.75) is 36.6 Å². The first kappa shape index (κ1) is 18.6. The lowest BCUT2D eigenvalue weighted by Gasteiger charge is -2.29. The zero-order chi connectivity index (χ0) is 20.1. The number of carbonyl (C=O) groups is 3. The second-order valence-electron chi connectivity index (χ2n) is 6.78. The Morgan fingerprint density at radius 1 is 1.25 bits per heavy atom. The van der Waals surface area contributed by atoms with E-state index in [1.54, 1.807) is 29.6 Å². The number of sulfonamides is 1. The van der Waals surface area contributed by atoms with Gasteiger partial charge in [-0.2, -0.15) is 0 Å². The zero-order valence-electron chi connectivity index (χ0n) is 14.9. The van der Waals surface area contributed by atoms with Crippen LogP contribution >= 0.6 is 11.3 Å². The van der Waals surface area contributed by atoms with Crippen LogP contribution in [-0.4, -0.2) is 37.1 Å². The van der Waals surface area contributed by atoms with E-state index in [4.69, 9.17) is 0 Å². The summed E-state index contributed by atoms with van der Waals surface area (Å²) in [6.45, 7) is 1.91. The van der Waals surface area contributed by atoms with Crippen LogP contribution in [0.15, 0.2) is 33.9 Å². The van der Waals surface area contributed by atoms with E-state index in [1.807, 2.05) is 6.92 Å². The third-order valence-corrected chi connectivity index (χ3v) is 7.72. The van der Waals surface area contributed by atoms with E-state index in [0.717, 1.165) is 16.9 Å². The van der Waals surface area contributed by atoms with Crippen LogP contribution in [0.5, 0.6) is 0 Å². The number of hydrogen-bond donors (Lipinski definition) is 2. The topological polar surface area (TPSA) is 113 Å². The van der Waals surface area contributed by atoms with Gasteiger partial charge in [0.25, 0.3) is 15.9 Å². The molecular formula is C18H17N3O5S2. The van der Waals surface area contributed by atoms with E-state index in [-0.39, 0.29) is 35.4 Å². The number of anilines is 1. The van der Waals surface area contributed by atoms with Gasteiger partial charge in [0.05, 0.1) is 5.69 Å². The number of piperidine rings is 1. The summed E-state index contributed by atoms with van der Waals surface area (Å²) in [6, 6.07) is 5.63. The Morgan fingerprint density at radius 2 is 2.04 bits per heavy atom. The van der Waals surface area contributed by atoms with Crippen LogP contribution in [0.25, 0.3) is 0 Å². The van der Waals surface area contributed by atoms with Crippen LogP contribution in [0.2, 0.25) is 0 Å². The summed E-state index contributed by atoms with van der Waals surface area (Å²) < 4.78 is 28.1. The van der Waals surface area contributed by atoms with Crippen LogP contribution in [-0.2, 0) is 26.2 Å². The molecule has 1 atom stereocenters. The predicted octanol–water partition coefficient (Wildman–Crippen LogP) is 1.62. The minimum atomic E-state index is -3.78. The highest BCUT2D eigenvalue weighted by molar-refractivity contribution is 7.94. The maximum Gasteiger partial charge on any atom is 0.271 e. The van der Waals surface area contributed by atoms with E-state index < -0.39 is 22.0 Å². The molecule has 146 valence electrons. The van der Waals surface area contributed by atoms with E-state index in [9.17, 15) is 22.8 Å². The Bertz CT molecular complexity index is 1110. The van der Waals surface area contributed by atoms with Gasteiger partial charge in [0.15, 0.2) is 0 Å². The first-order chi connectivity index (χ1) is 13.3. The molecular weight excluding hydrogens is 402 g/mol. The fourth-order valence-corrected chi connectivity index (χ4v) is 5.74. The van der Waals surface area contributed by atoms with E-state index >= 15 is 0 Å². The van der Waals surface area contributed by atoms with Gasteiger partial charge in [0.1, 0.15) is 10.3 Å². The van der Waals surface area contributed by atoms with Gasteiger partial charge in [-0.1, -0.05) is 6.07 Å². The fraction of sp³-hybridized carbons (Fsp3) is 0.278. The highest BCUT2D eigenvalue weighted by Crippen LogP contribution is 2.33. The lowest BCUT2D eigenvalue weighted by Crippen LogP contribution is -2.52. The van der Waals surface area contributed by atoms with Gasteiger partial charge in [-0.05, 0) is 42.5 Å². The summed E-state index contributed by atoms with van der Waals surface area (Å²) in [6.07, 6.45) is 0.410. The Kier molecular flexibility index (Phi) is 4.47. The maximum absolute atomic E-state index is 12.8. The molecule has 2 aromatic rings. The molecule has 3 heterocycles. The van der Waals surface area contributed by atoms with Crippen molar-refractivity contribution in [2.75, 3.05) is 4.72 Å². The van der Waals surface area contributed by atoms with Crippen LogP contribution in [0.3, 0.4) is 0 Å². The molecule has 28 heavy (non-hydrogen) atoms. The van der Waals surface area contributed by atoms with Crippen molar-refractivity contribution in [1.29, 1.82) is 0 Å². The van der Waals surface area contributed by atoms with Gasteiger partial charge < -0.3 is 4.90 Å². The number of rotatable bonds is 4. The molecule has 0 aliphatic carbocycles. The second kappa shape index (κ2) is 6.71. The van der Waals surface area contributed by atoms with Crippen molar-refractivity contribution in [2.24, 2.45) is 0 Å². The predicted molar refractivity (Wildman–Crippen MR) is 102 cm³/mol. The summed E-state index contributed by atoms with van der Waals surface area (Å²) >= 11 is 1.12. The fourth-order valence-electron chi connectivity index (χ4n) is 3.42. The number of benzene rings is 1. The molecule has 3 amide bonds. The Balaban J connectivity index is 1.63. The molecule has 1 unspecified atom stereocenters. The molecule has 1 fully saturated rings. The molecule has 1 aromatic heterocycles. The molecule has 1 aromatic carbocycles. The number of hydrogen-bond acceptors (Lipinski definition) is 6. The summed E-state index contributed by atoms with van der Waals surface area (Å²) in [5, 5.41) is 4.00. The average Bonchev–Trinajstić information content (AvgIpc) is 3.21. The molecule has 2 aliphatic rings. The molecule has 2 N–H and O–H groups in total. The van der Waals surface area contributed by atoms with Crippen LogP contribution in [0, 0.1) is 6.92 Å². The quantitative estimate of drug-likeness (QED) is 0.732. The molecule has 0 spiro atoms. The summed E-state index contributed by atoms with van der Waals surface area (Å²) in [4.78, 5) is 37.7. The first-order valence-corrected chi connectivity index (χ1v) is 11.0. The monoisotopic (exact) mass is 419 g/mol. The van der Waals surface area contributed by atoms with Crippen LogP contribution < -0.4 is 10.0 Å². The third-order valence-electron chi connectivity index (χ3n) is 4.80. The molecule has 8 nitrogen and oxygen atoms in total. The van der Waals surface area contributed by atoms with Gasteiger partial charge >= 0.3 is 0 Å². The second-order valence-corrected chi connectivity index (χ2v) is 9.60. The van der Waals surface area contributed by atoms with Crippen molar-refractivity contribution in [3.8, 4) is 0 Å². The molecule has 0 saturated carbocycles. The molecule has 2 aliphatic heterocycles. The maximum atomic E-state index is 12.8. The third kappa shape index (κ3) is 3.18. The van der Waals surface area contributed by atoms with Gasteiger partial charge in [0, 0.05) is 24.1 Å². The number of imide groups is 1. The SMILES string of the molecule is Cc1csc(S(=O)(=O)Nc2cccc3c2CN(C2CCC(=O)NC2=O)C3=O)c1. The van der Waals surface area contributed by atoms with Crippen LogP contribution in [0.4, 0.5) is 5.69 Å². The van der Waals surface area contributed by atoms with Gasteiger partial charge in [0.2, 0.25) is 11.8 Å². The Hall–Kier alpha value is -2.72. The van der Waals surface area contributed by atoms with E-state index in [1.165, 1.54) is 4.90 Å². The number of nitrogens with zero attached hydrogens (tertiary/aromatic N) is 1. The zero-order valence-corrected chi connectivity index (χ0v) is 16.5. The van der Waals surface area contributed by atoms with Crippen molar-refractivity contribution in [3.05, 3.63) is 46.3 Å². The normalized spacial score (nSPS) is 19.5. The average molecular weight is 419 g/mol. The summed E-state index contributed by atoms with van der Waals surface area (Å²) in [5.41, 5.74) is 2.04. The lowest BCUT2D eigenvalue weighted by atomic mass is 10.0. The van der Waals surface area contributed by atoms with Crippen molar-refractivity contribution in [1.82, 2.24) is 10.2 Å². The highest BCUT2D eigenvalue weighted by atomic mass is 32.2. The van der Waals surface area contributed by atoms with Crippen molar-refractivity contribution in [3.63, 3.8) is 0 Å². The number of thiophene rings is 1. The Morgan fingerprint density at radius 3 is 2.71 bits per heavy atom. The molecule has 1 saturated heterocycles. The van der Waals surface area contributed by atoms with Gasteiger partial charge in [-0.25, -0.2) is 8.42 Å². The smallest absolute Gasteiger partial charge is 0.271 e. The largest absolute Gasteiger partial charge is 0.322 e. The minimum absolute atomic E-state index is 0.0998. The number of fused-ring (bicyclic) bond motifs is 1. The van der Waals surface area contributed by atoms with Gasteiger partial charge in [-0.3, -0.25) is 24.4 Å². The van der Waals surface area contributed by atoms with Crippen LogP contribution in [0.1, 0.15) is 34.3 Å². The van der Waals surface area contributed by atoms with E-state index in [0.29, 0.717) is 16.8 Å². The standard InChI is InChI=1S/C18H17N3O5S2/c1-10-7-16(27-9-10)28(25,26)20-13-4-2-3-11-12(13)8-21(18(11)24)14-5-6-15(22)19-17(14)23/h2-4,7,9,14,20H,5-6,8H2,1H3,(H,19,22,23). The van der Waals surface area contributed by atoms with E-state index in [2.05, 4.69) is 10.0 Å². The molecule has 10 heteroatoms. The summed E-state index contributed by atoms with van der Waals surface area (Å²) in [7, 11) is -3.78. The van der Waals surface area contributed by atoms with Crippen molar-refractivity contribution >= 4 is 44.8 Å².